The van der Waals surface area contributed by atoms with Gasteiger partial charge >= 0.3 is 0 Å². The SMILES string of the molecule is CCC1CC(=O)c2cc(C)[nH]c2C1. The normalized spacial score (nSPS) is 21.7. The van der Waals surface area contributed by atoms with Crippen LogP contribution in [0.4, 0.5) is 0 Å². The molecule has 1 aromatic heterocycles. The van der Waals surface area contributed by atoms with Crippen LogP contribution in [-0.4, -0.2) is 10.8 Å². The molecule has 2 heteroatoms. The monoisotopic (exact) mass is 177 g/mol. The molecule has 1 atom stereocenters. The predicted molar refractivity (Wildman–Crippen MR) is 52.0 cm³/mol. The molecule has 1 aliphatic carbocycles. The van der Waals surface area contributed by atoms with E-state index in [1.165, 1.54) is 0 Å². The van der Waals surface area contributed by atoms with Gasteiger partial charge in [-0.1, -0.05) is 13.3 Å². The molecule has 0 fully saturated rings. The Bertz CT molecular complexity index is 338. The Morgan fingerprint density at radius 3 is 3.00 bits per heavy atom. The highest BCUT2D eigenvalue weighted by molar-refractivity contribution is 5.98. The molecule has 0 aromatic carbocycles. The van der Waals surface area contributed by atoms with Gasteiger partial charge in [0.05, 0.1) is 0 Å². The highest BCUT2D eigenvalue weighted by atomic mass is 16.1. The van der Waals surface area contributed by atoms with E-state index >= 15 is 0 Å². The largest absolute Gasteiger partial charge is 0.362 e. The van der Waals surface area contributed by atoms with Crippen LogP contribution in [-0.2, 0) is 6.42 Å². The molecule has 1 unspecified atom stereocenters. The van der Waals surface area contributed by atoms with Gasteiger partial charge < -0.3 is 4.98 Å². The van der Waals surface area contributed by atoms with Crippen LogP contribution in [0.3, 0.4) is 0 Å². The van der Waals surface area contributed by atoms with E-state index in [1.807, 2.05) is 13.0 Å². The highest BCUT2D eigenvalue weighted by Gasteiger charge is 2.25. The van der Waals surface area contributed by atoms with Crippen LogP contribution in [0.2, 0.25) is 0 Å². The lowest BCUT2D eigenvalue weighted by Crippen LogP contribution is -2.18. The summed E-state index contributed by atoms with van der Waals surface area (Å²) in [7, 11) is 0. The summed E-state index contributed by atoms with van der Waals surface area (Å²) in [5.41, 5.74) is 3.19. The molecule has 1 heterocycles. The number of aromatic nitrogens is 1. The second-order valence-electron chi connectivity index (χ2n) is 3.95. The maximum atomic E-state index is 11.6. The van der Waals surface area contributed by atoms with Crippen LogP contribution < -0.4 is 0 Å². The molecule has 2 nitrogen and oxygen atoms in total. The Kier molecular flexibility index (Phi) is 1.98. The summed E-state index contributed by atoms with van der Waals surface area (Å²) in [5.74, 6) is 0.871. The van der Waals surface area contributed by atoms with Gasteiger partial charge in [-0.05, 0) is 25.3 Å². The van der Waals surface area contributed by atoms with Gasteiger partial charge in [-0.15, -0.1) is 0 Å². The minimum absolute atomic E-state index is 0.317. The van der Waals surface area contributed by atoms with Crippen LogP contribution in [0.15, 0.2) is 6.07 Å². The molecule has 0 radical (unpaired) electrons. The number of carbonyl (C=O) groups is 1. The first-order valence-electron chi connectivity index (χ1n) is 4.92. The molecule has 1 N–H and O–H groups in total. The van der Waals surface area contributed by atoms with Gasteiger partial charge in [0, 0.05) is 23.4 Å². The fourth-order valence-corrected chi connectivity index (χ4v) is 2.08. The average Bonchev–Trinajstić information content (AvgIpc) is 2.46. The maximum absolute atomic E-state index is 11.6. The number of nitrogens with one attached hydrogen (secondary N) is 1. The van der Waals surface area contributed by atoms with Crippen LogP contribution in [0.1, 0.15) is 41.5 Å². The Morgan fingerprint density at radius 1 is 1.54 bits per heavy atom. The average molecular weight is 177 g/mol. The summed E-state index contributed by atoms with van der Waals surface area (Å²) >= 11 is 0. The van der Waals surface area contributed by atoms with Gasteiger partial charge in [0.1, 0.15) is 0 Å². The molecule has 0 saturated heterocycles. The molecule has 70 valence electrons. The first-order valence-corrected chi connectivity index (χ1v) is 4.92. The van der Waals surface area contributed by atoms with Crippen molar-refractivity contribution in [1.29, 1.82) is 0 Å². The van der Waals surface area contributed by atoms with Gasteiger partial charge in [0.25, 0.3) is 0 Å². The van der Waals surface area contributed by atoms with Crippen LogP contribution in [0.25, 0.3) is 0 Å². The van der Waals surface area contributed by atoms with Crippen molar-refractivity contribution >= 4 is 5.78 Å². The van der Waals surface area contributed by atoms with E-state index in [9.17, 15) is 4.79 Å². The maximum Gasteiger partial charge on any atom is 0.164 e. The van der Waals surface area contributed by atoms with E-state index < -0.39 is 0 Å². The van der Waals surface area contributed by atoms with Crippen molar-refractivity contribution in [1.82, 2.24) is 4.98 Å². The zero-order valence-corrected chi connectivity index (χ0v) is 8.18. The summed E-state index contributed by atoms with van der Waals surface area (Å²) in [6.07, 6.45) is 2.88. The van der Waals surface area contributed by atoms with E-state index in [-0.39, 0.29) is 0 Å². The number of hydrogen-bond acceptors (Lipinski definition) is 1. The van der Waals surface area contributed by atoms with Crippen LogP contribution >= 0.6 is 0 Å². The number of ketones is 1. The molecule has 0 saturated carbocycles. The summed E-state index contributed by atoms with van der Waals surface area (Å²) in [4.78, 5) is 14.9. The Balaban J connectivity index is 2.36. The standard InChI is InChI=1S/C11H15NO/c1-3-8-5-10-9(11(13)6-8)4-7(2)12-10/h4,8,12H,3,5-6H2,1-2H3. The molecule has 0 amide bonds. The quantitative estimate of drug-likeness (QED) is 0.702. The zero-order chi connectivity index (χ0) is 9.42. The second kappa shape index (κ2) is 3.02. The number of fused-ring (bicyclic) bond motifs is 1. The third-order valence-corrected chi connectivity index (χ3v) is 2.88. The molecule has 0 aliphatic heterocycles. The summed E-state index contributed by atoms with van der Waals surface area (Å²) in [5, 5.41) is 0. The van der Waals surface area contributed by atoms with Crippen molar-refractivity contribution < 1.29 is 4.79 Å². The predicted octanol–water partition coefficient (Wildman–Crippen LogP) is 2.48. The lowest BCUT2D eigenvalue weighted by atomic mass is 9.85. The molecule has 1 aliphatic rings. The van der Waals surface area contributed by atoms with Crippen LogP contribution in [0, 0.1) is 12.8 Å². The summed E-state index contributed by atoms with van der Waals surface area (Å²) in [6, 6.07) is 1.98. The van der Waals surface area contributed by atoms with Crippen molar-refractivity contribution in [2.45, 2.75) is 33.1 Å². The molecule has 1 aromatic rings. The van der Waals surface area contributed by atoms with E-state index in [0.29, 0.717) is 11.7 Å². The minimum Gasteiger partial charge on any atom is -0.362 e. The highest BCUT2D eigenvalue weighted by Crippen LogP contribution is 2.27. The second-order valence-corrected chi connectivity index (χ2v) is 3.95. The number of hydrogen-bond donors (Lipinski definition) is 1. The fraction of sp³-hybridized carbons (Fsp3) is 0.545. The van der Waals surface area contributed by atoms with Gasteiger partial charge in [-0.3, -0.25) is 4.79 Å². The Hall–Kier alpha value is -1.05. The molecule has 13 heavy (non-hydrogen) atoms. The van der Waals surface area contributed by atoms with Gasteiger partial charge in [-0.25, -0.2) is 0 Å². The Labute approximate surface area is 78.4 Å². The molecule has 0 spiro atoms. The van der Waals surface area contributed by atoms with Crippen molar-refractivity contribution in [3.05, 3.63) is 23.0 Å². The molecule has 2 rings (SSSR count). The lowest BCUT2D eigenvalue weighted by molar-refractivity contribution is 0.0947. The van der Waals surface area contributed by atoms with E-state index in [1.54, 1.807) is 0 Å². The van der Waals surface area contributed by atoms with Crippen molar-refractivity contribution in [2.24, 2.45) is 5.92 Å². The fourth-order valence-electron chi connectivity index (χ4n) is 2.08. The van der Waals surface area contributed by atoms with Gasteiger partial charge in [0.2, 0.25) is 0 Å². The number of rotatable bonds is 1. The Morgan fingerprint density at radius 2 is 2.31 bits per heavy atom. The zero-order valence-electron chi connectivity index (χ0n) is 8.18. The van der Waals surface area contributed by atoms with Crippen LogP contribution in [0.5, 0.6) is 0 Å². The van der Waals surface area contributed by atoms with E-state index in [0.717, 1.165) is 36.2 Å². The molecular formula is C11H15NO. The lowest BCUT2D eigenvalue weighted by Gasteiger charge is -2.19. The topological polar surface area (TPSA) is 32.9 Å². The number of H-pyrrole nitrogens is 1. The summed E-state index contributed by atoms with van der Waals surface area (Å²) < 4.78 is 0. The molecule has 0 bridgehead atoms. The number of aromatic amines is 1. The van der Waals surface area contributed by atoms with Crippen molar-refractivity contribution in [3.63, 3.8) is 0 Å². The van der Waals surface area contributed by atoms with E-state index in [2.05, 4.69) is 11.9 Å². The first kappa shape index (κ1) is 8.54. The van der Waals surface area contributed by atoms with Crippen molar-refractivity contribution in [2.75, 3.05) is 0 Å². The van der Waals surface area contributed by atoms with E-state index in [4.69, 9.17) is 0 Å². The van der Waals surface area contributed by atoms with Gasteiger partial charge in [0.15, 0.2) is 5.78 Å². The number of aryl methyl sites for hydroxylation is 1. The first-order chi connectivity index (χ1) is 6.20. The third kappa shape index (κ3) is 1.41. The number of carbonyl (C=O) groups excluding carboxylic acids is 1. The van der Waals surface area contributed by atoms with Gasteiger partial charge in [-0.2, -0.15) is 0 Å². The smallest absolute Gasteiger partial charge is 0.164 e. The summed E-state index contributed by atoms with van der Waals surface area (Å²) in [6.45, 7) is 4.16. The number of Topliss-reactive ketones (excluding diaryl/α,β-unsaturated/α-hetero) is 1. The molecular weight excluding hydrogens is 162 g/mol. The van der Waals surface area contributed by atoms with Crippen molar-refractivity contribution in [3.8, 4) is 0 Å². The minimum atomic E-state index is 0.317. The third-order valence-electron chi connectivity index (χ3n) is 2.88.